The van der Waals surface area contributed by atoms with Gasteiger partial charge in [-0.3, -0.25) is 0 Å². The molecule has 0 aliphatic carbocycles. The van der Waals surface area contributed by atoms with E-state index in [2.05, 4.69) is 5.32 Å². The van der Waals surface area contributed by atoms with Crippen LogP contribution in [0.4, 0.5) is 8.78 Å². The molecule has 1 aromatic rings. The molecule has 4 heteroatoms. The van der Waals surface area contributed by atoms with Gasteiger partial charge in [0.15, 0.2) is 0 Å². The summed E-state index contributed by atoms with van der Waals surface area (Å²) in [5.74, 6) is -0.444. The number of alkyl halides is 1. The minimum atomic E-state index is -0.981. The fourth-order valence-electron chi connectivity index (χ4n) is 2.29. The predicted molar refractivity (Wildman–Crippen MR) is 65.6 cm³/mol. The summed E-state index contributed by atoms with van der Waals surface area (Å²) in [4.78, 5) is 0. The van der Waals surface area contributed by atoms with Gasteiger partial charge in [0.25, 0.3) is 0 Å². The minimum Gasteiger partial charge on any atom is -0.317 e. The van der Waals surface area contributed by atoms with Gasteiger partial charge in [0.1, 0.15) is 12.0 Å². The molecule has 17 heavy (non-hydrogen) atoms. The lowest BCUT2D eigenvalue weighted by Gasteiger charge is -2.25. The lowest BCUT2D eigenvalue weighted by atomic mass is 9.89. The van der Waals surface area contributed by atoms with Crippen LogP contribution >= 0.6 is 11.6 Å². The van der Waals surface area contributed by atoms with Gasteiger partial charge in [0, 0.05) is 6.42 Å². The Kier molecular flexibility index (Phi) is 4.35. The van der Waals surface area contributed by atoms with Crippen molar-refractivity contribution < 1.29 is 8.78 Å². The number of rotatable bonds is 3. The van der Waals surface area contributed by atoms with Crippen molar-refractivity contribution in [3.8, 4) is 0 Å². The zero-order valence-electron chi connectivity index (χ0n) is 9.56. The Hall–Kier alpha value is -0.670. The van der Waals surface area contributed by atoms with Crippen LogP contribution in [0.25, 0.3) is 0 Å². The molecule has 0 amide bonds. The van der Waals surface area contributed by atoms with Gasteiger partial charge in [-0.25, -0.2) is 8.78 Å². The van der Waals surface area contributed by atoms with Crippen molar-refractivity contribution in [3.63, 3.8) is 0 Å². The second-order valence-electron chi connectivity index (χ2n) is 4.52. The van der Waals surface area contributed by atoms with E-state index >= 15 is 0 Å². The van der Waals surface area contributed by atoms with Crippen molar-refractivity contribution in [2.24, 2.45) is 5.92 Å². The van der Waals surface area contributed by atoms with E-state index in [0.29, 0.717) is 5.56 Å². The molecule has 1 atom stereocenters. The van der Waals surface area contributed by atoms with Crippen molar-refractivity contribution in [2.45, 2.75) is 25.4 Å². The summed E-state index contributed by atoms with van der Waals surface area (Å²) in [6, 6.07) is 4.75. The number of hydrogen-bond acceptors (Lipinski definition) is 1. The summed E-state index contributed by atoms with van der Waals surface area (Å²) in [6.07, 6.45) is 0.786. The molecule has 94 valence electrons. The van der Waals surface area contributed by atoms with Gasteiger partial charge in [0.2, 0.25) is 0 Å². The van der Waals surface area contributed by atoms with Crippen LogP contribution in [0.15, 0.2) is 18.2 Å². The summed E-state index contributed by atoms with van der Waals surface area (Å²) in [7, 11) is 0. The third-order valence-electron chi connectivity index (χ3n) is 3.34. The van der Waals surface area contributed by atoms with E-state index < -0.39 is 12.0 Å². The van der Waals surface area contributed by atoms with Crippen LogP contribution in [0.3, 0.4) is 0 Å². The second kappa shape index (κ2) is 5.78. The molecule has 0 saturated carbocycles. The van der Waals surface area contributed by atoms with Crippen LogP contribution in [-0.2, 0) is 6.42 Å². The van der Waals surface area contributed by atoms with Crippen molar-refractivity contribution in [1.82, 2.24) is 5.32 Å². The Morgan fingerprint density at radius 2 is 2.06 bits per heavy atom. The Balaban J connectivity index is 2.01. The smallest absolute Gasteiger partial charge is 0.145 e. The van der Waals surface area contributed by atoms with Gasteiger partial charge >= 0.3 is 0 Å². The van der Waals surface area contributed by atoms with Gasteiger partial charge in [0.05, 0.1) is 5.02 Å². The molecular weight excluding hydrogens is 244 g/mol. The van der Waals surface area contributed by atoms with Gasteiger partial charge in [-0.05, 0) is 43.5 Å². The van der Waals surface area contributed by atoms with E-state index in [1.807, 2.05) is 0 Å². The van der Waals surface area contributed by atoms with Gasteiger partial charge in [-0.2, -0.15) is 0 Å². The predicted octanol–water partition coefficient (Wildman–Crippen LogP) is 3.36. The fourth-order valence-corrected chi connectivity index (χ4v) is 2.48. The number of halogens is 3. The summed E-state index contributed by atoms with van der Waals surface area (Å²) in [5.41, 5.74) is 0.378. The maximum atomic E-state index is 14.0. The van der Waals surface area contributed by atoms with Crippen molar-refractivity contribution >= 4 is 11.6 Å². The monoisotopic (exact) mass is 259 g/mol. The number of benzene rings is 1. The number of nitrogens with one attached hydrogen (secondary N) is 1. The Morgan fingerprint density at radius 1 is 1.35 bits per heavy atom. The molecule has 1 aliphatic rings. The molecule has 0 aromatic heterocycles. The zero-order valence-corrected chi connectivity index (χ0v) is 10.3. The minimum absolute atomic E-state index is 0.0367. The topological polar surface area (TPSA) is 12.0 Å². The molecule has 1 fully saturated rings. The van der Waals surface area contributed by atoms with E-state index in [1.54, 1.807) is 12.1 Å². The van der Waals surface area contributed by atoms with Crippen molar-refractivity contribution in [1.29, 1.82) is 0 Å². The quantitative estimate of drug-likeness (QED) is 0.878. The number of piperidine rings is 1. The van der Waals surface area contributed by atoms with Crippen LogP contribution in [-0.4, -0.2) is 19.3 Å². The molecule has 2 rings (SSSR count). The third-order valence-corrected chi connectivity index (χ3v) is 3.63. The highest BCUT2D eigenvalue weighted by Gasteiger charge is 2.24. The third kappa shape index (κ3) is 3.17. The standard InChI is InChI=1S/C13H16ClF2N/c14-11-3-1-2-10(13(11)16)8-12(15)9-4-6-17-7-5-9/h1-3,9,12,17H,4-8H2. The molecule has 0 radical (unpaired) electrons. The average Bonchev–Trinajstić information content (AvgIpc) is 2.36. The Labute approximate surface area is 105 Å². The highest BCUT2D eigenvalue weighted by atomic mass is 35.5. The first kappa shape index (κ1) is 12.8. The first-order chi connectivity index (χ1) is 8.18. The van der Waals surface area contributed by atoms with Gasteiger partial charge < -0.3 is 5.32 Å². The second-order valence-corrected chi connectivity index (χ2v) is 4.93. The van der Waals surface area contributed by atoms with Crippen LogP contribution in [0, 0.1) is 11.7 Å². The van der Waals surface area contributed by atoms with Crippen LogP contribution < -0.4 is 5.32 Å². The zero-order chi connectivity index (χ0) is 12.3. The van der Waals surface area contributed by atoms with E-state index in [9.17, 15) is 8.78 Å². The lowest BCUT2D eigenvalue weighted by molar-refractivity contribution is 0.186. The van der Waals surface area contributed by atoms with E-state index in [-0.39, 0.29) is 17.4 Å². The molecule has 0 bridgehead atoms. The molecule has 1 nitrogen and oxygen atoms in total. The fraction of sp³-hybridized carbons (Fsp3) is 0.538. The average molecular weight is 260 g/mol. The highest BCUT2D eigenvalue weighted by Crippen LogP contribution is 2.25. The molecule has 1 N–H and O–H groups in total. The van der Waals surface area contributed by atoms with Crippen LogP contribution in [0.1, 0.15) is 18.4 Å². The van der Waals surface area contributed by atoms with Crippen LogP contribution in [0.5, 0.6) is 0 Å². The summed E-state index contributed by atoms with van der Waals surface area (Å²) in [5, 5.41) is 3.26. The van der Waals surface area contributed by atoms with Crippen molar-refractivity contribution in [3.05, 3.63) is 34.6 Å². The maximum Gasteiger partial charge on any atom is 0.145 e. The molecule has 1 heterocycles. The Morgan fingerprint density at radius 3 is 2.76 bits per heavy atom. The normalized spacial score (nSPS) is 19.2. The summed E-state index contributed by atoms with van der Waals surface area (Å²) >= 11 is 5.68. The highest BCUT2D eigenvalue weighted by molar-refractivity contribution is 6.30. The van der Waals surface area contributed by atoms with Crippen molar-refractivity contribution in [2.75, 3.05) is 13.1 Å². The summed E-state index contributed by atoms with van der Waals surface area (Å²) < 4.78 is 27.7. The molecule has 1 aromatic carbocycles. The molecule has 0 spiro atoms. The molecular formula is C13H16ClF2N. The van der Waals surface area contributed by atoms with Gasteiger partial charge in [-0.15, -0.1) is 0 Å². The molecule has 1 unspecified atom stereocenters. The van der Waals surface area contributed by atoms with Crippen LogP contribution in [0.2, 0.25) is 5.02 Å². The largest absolute Gasteiger partial charge is 0.317 e. The van der Waals surface area contributed by atoms with E-state index in [4.69, 9.17) is 11.6 Å². The van der Waals surface area contributed by atoms with E-state index in [1.165, 1.54) is 6.07 Å². The first-order valence-electron chi connectivity index (χ1n) is 5.96. The SMILES string of the molecule is Fc1c(Cl)cccc1CC(F)C1CCNCC1. The molecule has 1 aliphatic heterocycles. The first-order valence-corrected chi connectivity index (χ1v) is 6.34. The Bertz CT molecular complexity index is 378. The number of hydrogen-bond donors (Lipinski definition) is 1. The van der Waals surface area contributed by atoms with E-state index in [0.717, 1.165) is 25.9 Å². The lowest BCUT2D eigenvalue weighted by Crippen LogP contribution is -2.33. The maximum absolute atomic E-state index is 14.0. The summed E-state index contributed by atoms with van der Waals surface area (Å²) in [6.45, 7) is 1.70. The van der Waals surface area contributed by atoms with Gasteiger partial charge in [-0.1, -0.05) is 23.7 Å². The molecule has 1 saturated heterocycles.